The van der Waals surface area contributed by atoms with E-state index in [0.717, 1.165) is 19.7 Å². The maximum Gasteiger partial charge on any atom is 0.0615 e. The van der Waals surface area contributed by atoms with Gasteiger partial charge in [0, 0.05) is 25.7 Å². The largest absolute Gasteiger partial charge is 0.383 e. The smallest absolute Gasteiger partial charge is 0.0615 e. The number of ether oxygens (including phenoxy) is 1. The first kappa shape index (κ1) is 17.2. The standard InChI is InChI=1S/C17H30N2O/c1-7-18-17(11-19(5)15(4)12-20-6)16-9-13(2)8-14(3)10-16/h8-10,15,17-18H,7,11-12H2,1-6H3. The van der Waals surface area contributed by atoms with Crippen LogP contribution in [0.15, 0.2) is 18.2 Å². The molecule has 0 heterocycles. The Balaban J connectivity index is 2.82. The quantitative estimate of drug-likeness (QED) is 0.791. The third-order valence-corrected chi connectivity index (χ3v) is 3.73. The zero-order valence-corrected chi connectivity index (χ0v) is 13.9. The van der Waals surface area contributed by atoms with Crippen LogP contribution in [0.25, 0.3) is 0 Å². The van der Waals surface area contributed by atoms with E-state index in [9.17, 15) is 0 Å². The average Bonchev–Trinajstić information content (AvgIpc) is 2.37. The second-order valence-corrected chi connectivity index (χ2v) is 5.78. The number of nitrogens with zero attached hydrogens (tertiary/aromatic N) is 1. The van der Waals surface area contributed by atoms with E-state index in [2.05, 4.69) is 63.2 Å². The maximum absolute atomic E-state index is 5.25. The Morgan fingerprint density at radius 1 is 1.20 bits per heavy atom. The van der Waals surface area contributed by atoms with Crippen molar-refractivity contribution in [1.29, 1.82) is 0 Å². The normalized spacial score (nSPS) is 14.6. The second kappa shape index (κ2) is 8.40. The molecule has 1 rings (SSSR count). The van der Waals surface area contributed by atoms with Crippen LogP contribution in [0.1, 0.15) is 36.6 Å². The van der Waals surface area contributed by atoms with Gasteiger partial charge in [0.15, 0.2) is 0 Å². The molecular weight excluding hydrogens is 248 g/mol. The van der Waals surface area contributed by atoms with Crippen molar-refractivity contribution in [3.63, 3.8) is 0 Å². The van der Waals surface area contributed by atoms with Gasteiger partial charge in [0.05, 0.1) is 6.61 Å². The minimum absolute atomic E-state index is 0.364. The Bertz CT molecular complexity index is 386. The minimum atomic E-state index is 0.364. The SMILES string of the molecule is CCNC(CN(C)C(C)COC)c1cc(C)cc(C)c1. The van der Waals surface area contributed by atoms with Crippen LogP contribution in [0, 0.1) is 13.8 Å². The summed E-state index contributed by atoms with van der Waals surface area (Å²) in [6, 6.07) is 7.59. The Labute approximate surface area is 124 Å². The van der Waals surface area contributed by atoms with Crippen molar-refractivity contribution in [1.82, 2.24) is 10.2 Å². The minimum Gasteiger partial charge on any atom is -0.383 e. The van der Waals surface area contributed by atoms with Crippen molar-refractivity contribution in [3.05, 3.63) is 34.9 Å². The van der Waals surface area contributed by atoms with E-state index in [1.807, 2.05) is 0 Å². The molecule has 1 aromatic carbocycles. The van der Waals surface area contributed by atoms with Crippen molar-refractivity contribution >= 4 is 0 Å². The van der Waals surface area contributed by atoms with Gasteiger partial charge in [-0.05, 0) is 39.9 Å². The van der Waals surface area contributed by atoms with Crippen LogP contribution in [-0.2, 0) is 4.74 Å². The molecule has 3 nitrogen and oxygen atoms in total. The van der Waals surface area contributed by atoms with Crippen LogP contribution in [0.2, 0.25) is 0 Å². The molecule has 0 saturated heterocycles. The lowest BCUT2D eigenvalue weighted by atomic mass is 10.0. The van der Waals surface area contributed by atoms with Crippen LogP contribution in [-0.4, -0.2) is 44.8 Å². The monoisotopic (exact) mass is 278 g/mol. The number of nitrogens with one attached hydrogen (secondary N) is 1. The summed E-state index contributed by atoms with van der Waals surface area (Å²) < 4.78 is 5.25. The first-order chi connectivity index (χ1) is 9.47. The molecule has 1 aromatic rings. The van der Waals surface area contributed by atoms with Gasteiger partial charge in [-0.2, -0.15) is 0 Å². The van der Waals surface area contributed by atoms with Gasteiger partial charge in [0.1, 0.15) is 0 Å². The fraction of sp³-hybridized carbons (Fsp3) is 0.647. The van der Waals surface area contributed by atoms with Crippen molar-refractivity contribution in [3.8, 4) is 0 Å². The van der Waals surface area contributed by atoms with Gasteiger partial charge in [-0.15, -0.1) is 0 Å². The molecule has 0 aromatic heterocycles. The van der Waals surface area contributed by atoms with Crippen LogP contribution < -0.4 is 5.32 Å². The molecular formula is C17H30N2O. The molecule has 0 aliphatic carbocycles. The predicted octanol–water partition coefficient (Wildman–Crippen LogP) is 2.92. The Kier molecular flexibility index (Phi) is 7.20. The third kappa shape index (κ3) is 5.23. The number of likely N-dealkylation sites (N-methyl/N-ethyl adjacent to an activating group) is 2. The highest BCUT2D eigenvalue weighted by molar-refractivity contribution is 5.31. The first-order valence-corrected chi connectivity index (χ1v) is 7.48. The van der Waals surface area contributed by atoms with E-state index >= 15 is 0 Å². The molecule has 3 heteroatoms. The van der Waals surface area contributed by atoms with Crippen molar-refractivity contribution < 1.29 is 4.74 Å². The molecule has 0 aliphatic heterocycles. The van der Waals surface area contributed by atoms with Gasteiger partial charge in [-0.25, -0.2) is 0 Å². The Morgan fingerprint density at radius 2 is 1.80 bits per heavy atom. The van der Waals surface area contributed by atoms with E-state index in [4.69, 9.17) is 4.74 Å². The molecule has 2 atom stereocenters. The average molecular weight is 278 g/mol. The highest BCUT2D eigenvalue weighted by Gasteiger charge is 2.17. The van der Waals surface area contributed by atoms with Crippen LogP contribution >= 0.6 is 0 Å². The van der Waals surface area contributed by atoms with Crippen molar-refractivity contribution in [2.45, 2.75) is 39.8 Å². The van der Waals surface area contributed by atoms with Crippen LogP contribution in [0.3, 0.4) is 0 Å². The fourth-order valence-corrected chi connectivity index (χ4v) is 2.58. The summed E-state index contributed by atoms with van der Waals surface area (Å²) in [7, 11) is 3.92. The molecule has 0 spiro atoms. The molecule has 0 aliphatic rings. The highest BCUT2D eigenvalue weighted by atomic mass is 16.5. The summed E-state index contributed by atoms with van der Waals surface area (Å²) in [6.45, 7) is 11.4. The highest BCUT2D eigenvalue weighted by Crippen LogP contribution is 2.18. The summed E-state index contributed by atoms with van der Waals surface area (Å²) in [5, 5.41) is 3.60. The topological polar surface area (TPSA) is 24.5 Å². The van der Waals surface area contributed by atoms with Gasteiger partial charge < -0.3 is 10.1 Å². The van der Waals surface area contributed by atoms with E-state index < -0.39 is 0 Å². The van der Waals surface area contributed by atoms with E-state index in [-0.39, 0.29) is 0 Å². The molecule has 0 fully saturated rings. The van der Waals surface area contributed by atoms with E-state index in [0.29, 0.717) is 12.1 Å². The van der Waals surface area contributed by atoms with Gasteiger partial charge in [-0.1, -0.05) is 36.2 Å². The summed E-state index contributed by atoms with van der Waals surface area (Å²) in [5.74, 6) is 0. The molecule has 2 unspecified atom stereocenters. The lowest BCUT2D eigenvalue weighted by Crippen LogP contribution is -2.39. The molecule has 0 radical (unpaired) electrons. The van der Waals surface area contributed by atoms with Gasteiger partial charge in [0.2, 0.25) is 0 Å². The van der Waals surface area contributed by atoms with Gasteiger partial charge in [-0.3, -0.25) is 4.90 Å². The third-order valence-electron chi connectivity index (χ3n) is 3.73. The zero-order valence-electron chi connectivity index (χ0n) is 13.9. The summed E-state index contributed by atoms with van der Waals surface area (Å²) >= 11 is 0. The summed E-state index contributed by atoms with van der Waals surface area (Å²) in [6.07, 6.45) is 0. The lowest BCUT2D eigenvalue weighted by Gasteiger charge is -2.29. The van der Waals surface area contributed by atoms with Crippen LogP contribution in [0.5, 0.6) is 0 Å². The van der Waals surface area contributed by atoms with Gasteiger partial charge >= 0.3 is 0 Å². The maximum atomic E-state index is 5.25. The molecule has 0 amide bonds. The number of rotatable bonds is 8. The first-order valence-electron chi connectivity index (χ1n) is 7.48. The van der Waals surface area contributed by atoms with E-state index in [1.54, 1.807) is 7.11 Å². The molecule has 20 heavy (non-hydrogen) atoms. The van der Waals surface area contributed by atoms with Gasteiger partial charge in [0.25, 0.3) is 0 Å². The summed E-state index contributed by atoms with van der Waals surface area (Å²) in [5.41, 5.74) is 4.03. The molecule has 1 N–H and O–H groups in total. The molecule has 114 valence electrons. The Morgan fingerprint density at radius 3 is 2.30 bits per heavy atom. The molecule has 0 bridgehead atoms. The zero-order chi connectivity index (χ0) is 15.1. The molecule has 0 saturated carbocycles. The number of aryl methyl sites for hydroxylation is 2. The lowest BCUT2D eigenvalue weighted by molar-refractivity contribution is 0.109. The second-order valence-electron chi connectivity index (χ2n) is 5.78. The van der Waals surface area contributed by atoms with Crippen LogP contribution in [0.4, 0.5) is 0 Å². The number of hydrogen-bond donors (Lipinski definition) is 1. The number of methoxy groups -OCH3 is 1. The van der Waals surface area contributed by atoms with E-state index in [1.165, 1.54) is 16.7 Å². The fourth-order valence-electron chi connectivity index (χ4n) is 2.58. The Hall–Kier alpha value is -0.900. The predicted molar refractivity (Wildman–Crippen MR) is 86.3 cm³/mol. The van der Waals surface area contributed by atoms with Crippen molar-refractivity contribution in [2.24, 2.45) is 0 Å². The summed E-state index contributed by atoms with van der Waals surface area (Å²) in [4.78, 5) is 2.36. The van der Waals surface area contributed by atoms with Crippen molar-refractivity contribution in [2.75, 3.05) is 33.9 Å². The number of hydrogen-bond acceptors (Lipinski definition) is 3. The number of benzene rings is 1.